The van der Waals surface area contributed by atoms with E-state index in [9.17, 15) is 9.59 Å². The van der Waals surface area contributed by atoms with E-state index in [1.54, 1.807) is 0 Å². The molecule has 2 nitrogen and oxygen atoms in total. The van der Waals surface area contributed by atoms with Crippen LogP contribution >= 0.6 is 0 Å². The number of hydrogen-bond acceptors (Lipinski definition) is 2. The molecule has 0 saturated heterocycles. The summed E-state index contributed by atoms with van der Waals surface area (Å²) in [5.74, 6) is 2.38. The summed E-state index contributed by atoms with van der Waals surface area (Å²) in [6.07, 6.45) is 9.75. The van der Waals surface area contributed by atoms with Crippen LogP contribution in [0.25, 0.3) is 0 Å². The Morgan fingerprint density at radius 3 is 2.82 bits per heavy atom. The van der Waals surface area contributed by atoms with Crippen molar-refractivity contribution in [2.24, 2.45) is 0 Å². The molecule has 0 fully saturated rings. The first kappa shape index (κ1) is 9.64. The van der Waals surface area contributed by atoms with Crippen molar-refractivity contribution in [2.45, 2.75) is 19.3 Å². The molecule has 0 saturated carbocycles. The highest BCUT2D eigenvalue weighted by Crippen LogP contribution is 1.95. The van der Waals surface area contributed by atoms with Crippen molar-refractivity contribution < 1.29 is 9.59 Å². The van der Waals surface area contributed by atoms with E-state index < -0.39 is 0 Å². The molecule has 11 heavy (non-hydrogen) atoms. The van der Waals surface area contributed by atoms with Crippen LogP contribution in [0, 0.1) is 12.3 Å². The second-order valence-electron chi connectivity index (χ2n) is 2.02. The lowest BCUT2D eigenvalue weighted by atomic mass is 10.2. The van der Waals surface area contributed by atoms with E-state index in [-0.39, 0.29) is 5.78 Å². The molecule has 0 heterocycles. The molecule has 0 spiro atoms. The van der Waals surface area contributed by atoms with Crippen LogP contribution in [-0.2, 0) is 9.59 Å². The summed E-state index contributed by atoms with van der Waals surface area (Å²) in [5.41, 5.74) is 0. The second kappa shape index (κ2) is 6.76. The SMILES string of the molecule is C#CCCCC(=O)/C=C/C=O. The van der Waals surface area contributed by atoms with Crippen LogP contribution in [0.15, 0.2) is 12.2 Å². The number of terminal acetylenes is 1. The minimum Gasteiger partial charge on any atom is -0.299 e. The number of hydrogen-bond donors (Lipinski definition) is 0. The van der Waals surface area contributed by atoms with E-state index in [4.69, 9.17) is 6.42 Å². The molecule has 0 aromatic rings. The lowest BCUT2D eigenvalue weighted by Gasteiger charge is -1.88. The van der Waals surface area contributed by atoms with Crippen molar-refractivity contribution in [2.75, 3.05) is 0 Å². The first-order valence-electron chi connectivity index (χ1n) is 3.39. The summed E-state index contributed by atoms with van der Waals surface area (Å²) < 4.78 is 0. The molecule has 0 N–H and O–H groups in total. The highest BCUT2D eigenvalue weighted by Gasteiger charge is 1.93. The van der Waals surface area contributed by atoms with Gasteiger partial charge >= 0.3 is 0 Å². The molecule has 0 atom stereocenters. The van der Waals surface area contributed by atoms with Crippen molar-refractivity contribution in [3.8, 4) is 12.3 Å². The predicted octanol–water partition coefficient (Wildman–Crippen LogP) is 1.11. The van der Waals surface area contributed by atoms with Crippen LogP contribution in [0.2, 0.25) is 0 Å². The van der Waals surface area contributed by atoms with Gasteiger partial charge in [-0.1, -0.05) is 0 Å². The lowest BCUT2D eigenvalue weighted by Crippen LogP contribution is -1.91. The van der Waals surface area contributed by atoms with Crippen molar-refractivity contribution in [1.29, 1.82) is 0 Å². The first-order valence-corrected chi connectivity index (χ1v) is 3.39. The minimum atomic E-state index is -0.0487. The third-order valence-corrected chi connectivity index (χ3v) is 1.10. The highest BCUT2D eigenvalue weighted by molar-refractivity contribution is 5.92. The third-order valence-electron chi connectivity index (χ3n) is 1.10. The monoisotopic (exact) mass is 150 g/mol. The van der Waals surface area contributed by atoms with E-state index in [1.165, 1.54) is 12.2 Å². The Balaban J connectivity index is 3.46. The van der Waals surface area contributed by atoms with Gasteiger partial charge < -0.3 is 0 Å². The fraction of sp³-hybridized carbons (Fsp3) is 0.333. The van der Waals surface area contributed by atoms with E-state index in [0.29, 0.717) is 25.5 Å². The zero-order chi connectivity index (χ0) is 8.53. The minimum absolute atomic E-state index is 0.0487. The maximum absolute atomic E-state index is 10.8. The Hall–Kier alpha value is -1.36. The predicted molar refractivity (Wildman–Crippen MR) is 42.9 cm³/mol. The quantitative estimate of drug-likeness (QED) is 0.254. The highest BCUT2D eigenvalue weighted by atomic mass is 16.1. The first-order chi connectivity index (χ1) is 5.31. The van der Waals surface area contributed by atoms with Gasteiger partial charge in [-0.25, -0.2) is 0 Å². The summed E-state index contributed by atoms with van der Waals surface area (Å²) in [6, 6.07) is 0. The number of allylic oxidation sites excluding steroid dienone is 2. The van der Waals surface area contributed by atoms with Crippen molar-refractivity contribution in [3.63, 3.8) is 0 Å². The average Bonchev–Trinajstić information content (AvgIpc) is 2.01. The van der Waals surface area contributed by atoms with Gasteiger partial charge in [0, 0.05) is 12.8 Å². The van der Waals surface area contributed by atoms with Gasteiger partial charge in [-0.3, -0.25) is 9.59 Å². The molecule has 0 aromatic heterocycles. The molecule has 2 heteroatoms. The molecule has 0 aliphatic rings. The molecule has 0 aliphatic heterocycles. The lowest BCUT2D eigenvalue weighted by molar-refractivity contribution is -0.115. The molecular formula is C9H10O2. The third kappa shape index (κ3) is 6.53. The normalized spacial score (nSPS) is 9.36. The van der Waals surface area contributed by atoms with Crippen molar-refractivity contribution in [1.82, 2.24) is 0 Å². The summed E-state index contributed by atoms with van der Waals surface area (Å²) in [7, 11) is 0. The van der Waals surface area contributed by atoms with Gasteiger partial charge in [0.25, 0.3) is 0 Å². The molecule has 0 aromatic carbocycles. The Kier molecular flexibility index (Phi) is 5.92. The molecule has 0 aliphatic carbocycles. The molecular weight excluding hydrogens is 140 g/mol. The number of rotatable bonds is 5. The molecule has 0 radical (unpaired) electrons. The average molecular weight is 150 g/mol. The zero-order valence-corrected chi connectivity index (χ0v) is 6.25. The Morgan fingerprint density at radius 2 is 2.27 bits per heavy atom. The fourth-order valence-corrected chi connectivity index (χ4v) is 0.595. The van der Waals surface area contributed by atoms with E-state index in [1.807, 2.05) is 0 Å². The Morgan fingerprint density at radius 1 is 1.55 bits per heavy atom. The van der Waals surface area contributed by atoms with Crippen LogP contribution in [0.3, 0.4) is 0 Å². The maximum atomic E-state index is 10.8. The molecule has 0 bridgehead atoms. The van der Waals surface area contributed by atoms with Gasteiger partial charge in [0.1, 0.15) is 6.29 Å². The van der Waals surface area contributed by atoms with E-state index in [0.717, 1.165) is 0 Å². The van der Waals surface area contributed by atoms with Gasteiger partial charge in [0.05, 0.1) is 0 Å². The molecule has 0 unspecified atom stereocenters. The molecule has 0 rings (SSSR count). The van der Waals surface area contributed by atoms with Crippen LogP contribution in [-0.4, -0.2) is 12.1 Å². The number of carbonyl (C=O) groups excluding carboxylic acids is 2. The Bertz CT molecular complexity index is 196. The standard InChI is InChI=1S/C9H10O2/c1-2-3-4-6-9(11)7-5-8-10/h1,5,7-8H,3-4,6H2/b7-5+. The van der Waals surface area contributed by atoms with Crippen LogP contribution in [0.1, 0.15) is 19.3 Å². The maximum Gasteiger partial charge on any atom is 0.155 e. The van der Waals surface area contributed by atoms with Crippen molar-refractivity contribution >= 4 is 12.1 Å². The van der Waals surface area contributed by atoms with E-state index in [2.05, 4.69) is 5.92 Å². The van der Waals surface area contributed by atoms with Gasteiger partial charge in [0.15, 0.2) is 5.78 Å². The summed E-state index contributed by atoms with van der Waals surface area (Å²) >= 11 is 0. The van der Waals surface area contributed by atoms with Gasteiger partial charge in [-0.05, 0) is 18.6 Å². The fourth-order valence-electron chi connectivity index (χ4n) is 0.595. The summed E-state index contributed by atoms with van der Waals surface area (Å²) in [6.45, 7) is 0. The number of ketones is 1. The van der Waals surface area contributed by atoms with Gasteiger partial charge in [-0.15, -0.1) is 12.3 Å². The molecule has 58 valence electrons. The second-order valence-corrected chi connectivity index (χ2v) is 2.02. The van der Waals surface area contributed by atoms with Crippen LogP contribution in [0.5, 0.6) is 0 Å². The van der Waals surface area contributed by atoms with E-state index >= 15 is 0 Å². The summed E-state index contributed by atoms with van der Waals surface area (Å²) in [5, 5.41) is 0. The number of aldehydes is 1. The van der Waals surface area contributed by atoms with Crippen molar-refractivity contribution in [3.05, 3.63) is 12.2 Å². The zero-order valence-electron chi connectivity index (χ0n) is 6.25. The largest absolute Gasteiger partial charge is 0.299 e. The topological polar surface area (TPSA) is 34.1 Å². The Labute approximate surface area is 66.3 Å². The number of carbonyl (C=O) groups is 2. The smallest absolute Gasteiger partial charge is 0.155 e. The van der Waals surface area contributed by atoms with Crippen LogP contribution < -0.4 is 0 Å². The van der Waals surface area contributed by atoms with Crippen LogP contribution in [0.4, 0.5) is 0 Å². The van der Waals surface area contributed by atoms with Gasteiger partial charge in [0.2, 0.25) is 0 Å². The molecule has 0 amide bonds. The number of unbranched alkanes of at least 4 members (excludes halogenated alkanes) is 1. The summed E-state index contributed by atoms with van der Waals surface area (Å²) in [4.78, 5) is 20.5. The van der Waals surface area contributed by atoms with Gasteiger partial charge in [-0.2, -0.15) is 0 Å².